The zero-order valence-electron chi connectivity index (χ0n) is 9.83. The monoisotopic (exact) mass is 257 g/mol. The molecule has 0 aromatic heterocycles. The number of nitrogens with one attached hydrogen (secondary N) is 1. The van der Waals surface area contributed by atoms with E-state index in [1.807, 2.05) is 0 Å². The zero-order valence-corrected chi connectivity index (χ0v) is 9.83. The van der Waals surface area contributed by atoms with Gasteiger partial charge in [0, 0.05) is 5.69 Å². The van der Waals surface area contributed by atoms with Crippen molar-refractivity contribution in [2.75, 3.05) is 5.32 Å². The zero-order chi connectivity index (χ0) is 13.8. The Morgan fingerprint density at radius 3 is 2.42 bits per heavy atom. The lowest BCUT2D eigenvalue weighted by atomic mass is 10.1. The summed E-state index contributed by atoms with van der Waals surface area (Å²) in [4.78, 5) is 22.7. The molecule has 0 atom stereocenters. The van der Waals surface area contributed by atoms with Crippen LogP contribution < -0.4 is 5.32 Å². The second-order valence-corrected chi connectivity index (χ2v) is 3.86. The fourth-order valence-electron chi connectivity index (χ4n) is 1.59. The average Bonchev–Trinajstić information content (AvgIpc) is 2.39. The first-order valence-corrected chi connectivity index (χ1v) is 5.50. The Morgan fingerprint density at radius 2 is 1.74 bits per heavy atom. The number of aromatic carboxylic acids is 1. The van der Waals surface area contributed by atoms with Gasteiger partial charge in [0.15, 0.2) is 0 Å². The van der Waals surface area contributed by atoms with Crippen LogP contribution >= 0.6 is 0 Å². The summed E-state index contributed by atoms with van der Waals surface area (Å²) in [5.74, 6) is -1.70. The lowest BCUT2D eigenvalue weighted by molar-refractivity contribution is 0.0696. The second-order valence-electron chi connectivity index (χ2n) is 3.86. The molecule has 2 aromatic carbocycles. The third-order valence-corrected chi connectivity index (χ3v) is 2.52. The molecule has 0 saturated carbocycles. The van der Waals surface area contributed by atoms with Crippen molar-refractivity contribution in [3.63, 3.8) is 0 Å². The minimum Gasteiger partial charge on any atom is -0.507 e. The molecule has 5 heteroatoms. The summed E-state index contributed by atoms with van der Waals surface area (Å²) >= 11 is 0. The number of carboxylic acid groups (broad SMARTS) is 1. The van der Waals surface area contributed by atoms with Crippen LogP contribution in [-0.4, -0.2) is 22.1 Å². The maximum Gasteiger partial charge on any atom is 0.335 e. The Balaban J connectivity index is 2.22. The number of para-hydroxylation sites is 1. The van der Waals surface area contributed by atoms with E-state index >= 15 is 0 Å². The van der Waals surface area contributed by atoms with Gasteiger partial charge in [-0.15, -0.1) is 0 Å². The Labute approximate surface area is 109 Å². The molecule has 3 N–H and O–H groups in total. The summed E-state index contributed by atoms with van der Waals surface area (Å²) in [6.07, 6.45) is 0. The molecule has 0 spiro atoms. The van der Waals surface area contributed by atoms with Crippen LogP contribution in [0, 0.1) is 0 Å². The third kappa shape index (κ3) is 2.90. The maximum atomic E-state index is 11.9. The number of benzene rings is 2. The number of phenolic OH excluding ortho intramolecular Hbond substituents is 1. The molecule has 0 saturated heterocycles. The average molecular weight is 257 g/mol. The van der Waals surface area contributed by atoms with E-state index in [0.29, 0.717) is 5.69 Å². The van der Waals surface area contributed by atoms with Gasteiger partial charge < -0.3 is 15.5 Å². The summed E-state index contributed by atoms with van der Waals surface area (Å²) in [5.41, 5.74) is 0.562. The summed E-state index contributed by atoms with van der Waals surface area (Å²) in [7, 11) is 0. The minimum absolute atomic E-state index is 0.0788. The molecule has 0 aliphatic heterocycles. The van der Waals surface area contributed by atoms with Gasteiger partial charge >= 0.3 is 5.97 Å². The molecule has 0 unspecified atom stereocenters. The number of anilines is 1. The van der Waals surface area contributed by atoms with Gasteiger partial charge in [0.1, 0.15) is 5.75 Å². The highest BCUT2D eigenvalue weighted by molar-refractivity contribution is 6.06. The molecule has 0 aliphatic rings. The van der Waals surface area contributed by atoms with Gasteiger partial charge in [-0.25, -0.2) is 4.79 Å². The van der Waals surface area contributed by atoms with Crippen LogP contribution in [0.5, 0.6) is 5.75 Å². The van der Waals surface area contributed by atoms with E-state index in [9.17, 15) is 14.7 Å². The van der Waals surface area contributed by atoms with Crippen LogP contribution in [0.15, 0.2) is 48.5 Å². The van der Waals surface area contributed by atoms with Gasteiger partial charge in [0.2, 0.25) is 0 Å². The Morgan fingerprint density at radius 1 is 1.00 bits per heavy atom. The van der Waals surface area contributed by atoms with E-state index < -0.39 is 11.9 Å². The normalized spacial score (nSPS) is 9.89. The topological polar surface area (TPSA) is 86.6 Å². The molecule has 19 heavy (non-hydrogen) atoms. The first-order valence-electron chi connectivity index (χ1n) is 5.50. The molecule has 2 aromatic rings. The lowest BCUT2D eigenvalue weighted by Gasteiger charge is -2.07. The number of hydrogen-bond acceptors (Lipinski definition) is 3. The molecular weight excluding hydrogens is 246 g/mol. The van der Waals surface area contributed by atoms with Gasteiger partial charge in [-0.2, -0.15) is 0 Å². The number of carboxylic acids is 1. The highest BCUT2D eigenvalue weighted by atomic mass is 16.4. The van der Waals surface area contributed by atoms with E-state index in [1.165, 1.54) is 30.3 Å². The van der Waals surface area contributed by atoms with E-state index in [0.717, 1.165) is 0 Å². The predicted octanol–water partition coefficient (Wildman–Crippen LogP) is 2.34. The minimum atomic E-state index is -1.07. The number of carbonyl (C=O) groups is 2. The van der Waals surface area contributed by atoms with Crippen LogP contribution in [-0.2, 0) is 0 Å². The fraction of sp³-hybridized carbons (Fsp3) is 0. The number of aromatic hydroxyl groups is 1. The van der Waals surface area contributed by atoms with Crippen molar-refractivity contribution >= 4 is 17.6 Å². The molecule has 0 radical (unpaired) electrons. The molecular formula is C14H11NO4. The van der Waals surface area contributed by atoms with E-state index in [4.69, 9.17) is 5.11 Å². The number of amides is 1. The molecule has 0 bridgehead atoms. The molecule has 5 nitrogen and oxygen atoms in total. The Kier molecular flexibility index (Phi) is 3.47. The summed E-state index contributed by atoms with van der Waals surface area (Å²) in [6, 6.07) is 12.0. The SMILES string of the molecule is O=C(O)c1cccc(NC(=O)c2ccccc2O)c1. The molecule has 0 heterocycles. The molecule has 0 fully saturated rings. The highest BCUT2D eigenvalue weighted by Gasteiger charge is 2.11. The molecule has 1 amide bonds. The van der Waals surface area contributed by atoms with Crippen molar-refractivity contribution < 1.29 is 19.8 Å². The fourth-order valence-corrected chi connectivity index (χ4v) is 1.59. The number of hydrogen-bond donors (Lipinski definition) is 3. The van der Waals surface area contributed by atoms with Gasteiger partial charge in [-0.05, 0) is 30.3 Å². The van der Waals surface area contributed by atoms with Gasteiger partial charge in [0.25, 0.3) is 5.91 Å². The number of carbonyl (C=O) groups excluding carboxylic acids is 1. The summed E-state index contributed by atoms with van der Waals surface area (Å²) in [5, 5.41) is 20.9. The quantitative estimate of drug-likeness (QED) is 0.787. The van der Waals surface area contributed by atoms with E-state index in [1.54, 1.807) is 18.2 Å². The van der Waals surface area contributed by atoms with Crippen LogP contribution in [0.25, 0.3) is 0 Å². The van der Waals surface area contributed by atoms with Crippen molar-refractivity contribution in [2.24, 2.45) is 0 Å². The first-order chi connectivity index (χ1) is 9.08. The van der Waals surface area contributed by atoms with Crippen LogP contribution in [0.3, 0.4) is 0 Å². The van der Waals surface area contributed by atoms with Crippen molar-refractivity contribution in [3.05, 3.63) is 59.7 Å². The van der Waals surface area contributed by atoms with Gasteiger partial charge in [-0.1, -0.05) is 18.2 Å². The van der Waals surface area contributed by atoms with E-state index in [-0.39, 0.29) is 16.9 Å². The van der Waals surface area contributed by atoms with E-state index in [2.05, 4.69) is 5.32 Å². The molecule has 0 aliphatic carbocycles. The van der Waals surface area contributed by atoms with Gasteiger partial charge in [-0.3, -0.25) is 4.79 Å². The van der Waals surface area contributed by atoms with Crippen molar-refractivity contribution in [1.29, 1.82) is 0 Å². The first kappa shape index (κ1) is 12.6. The largest absolute Gasteiger partial charge is 0.507 e. The second kappa shape index (κ2) is 5.22. The summed E-state index contributed by atoms with van der Waals surface area (Å²) in [6.45, 7) is 0. The van der Waals surface area contributed by atoms with Crippen LogP contribution in [0.1, 0.15) is 20.7 Å². The third-order valence-electron chi connectivity index (χ3n) is 2.52. The summed E-state index contributed by atoms with van der Waals surface area (Å²) < 4.78 is 0. The maximum absolute atomic E-state index is 11.9. The van der Waals surface area contributed by atoms with Crippen LogP contribution in [0.4, 0.5) is 5.69 Å². The Bertz CT molecular complexity index is 637. The van der Waals surface area contributed by atoms with Crippen LogP contribution in [0.2, 0.25) is 0 Å². The lowest BCUT2D eigenvalue weighted by Crippen LogP contribution is -2.12. The standard InChI is InChI=1S/C14H11NO4/c16-12-7-2-1-6-11(12)13(17)15-10-5-3-4-9(8-10)14(18)19/h1-8,16H,(H,15,17)(H,18,19). The Hall–Kier alpha value is -2.82. The molecule has 2 rings (SSSR count). The predicted molar refractivity (Wildman–Crippen MR) is 69.5 cm³/mol. The van der Waals surface area contributed by atoms with Gasteiger partial charge in [0.05, 0.1) is 11.1 Å². The van der Waals surface area contributed by atoms with Crippen molar-refractivity contribution in [2.45, 2.75) is 0 Å². The smallest absolute Gasteiger partial charge is 0.335 e. The molecule has 96 valence electrons. The van der Waals surface area contributed by atoms with Crippen molar-refractivity contribution in [1.82, 2.24) is 0 Å². The highest BCUT2D eigenvalue weighted by Crippen LogP contribution is 2.18. The van der Waals surface area contributed by atoms with Crippen molar-refractivity contribution in [3.8, 4) is 5.75 Å². The number of rotatable bonds is 3. The number of phenols is 1.